The van der Waals surface area contributed by atoms with Gasteiger partial charge in [-0.3, -0.25) is 0 Å². The van der Waals surface area contributed by atoms with E-state index in [9.17, 15) is 8.42 Å². The summed E-state index contributed by atoms with van der Waals surface area (Å²) in [5.74, 6) is 0.352. The molecule has 84 valence electrons. The number of hydrogen-bond acceptors (Lipinski definition) is 4. The average molecular weight is 229 g/mol. The Balaban J connectivity index is 3.15. The molecule has 0 bridgehead atoms. The van der Waals surface area contributed by atoms with Gasteiger partial charge in [0.05, 0.1) is 0 Å². The van der Waals surface area contributed by atoms with Crippen molar-refractivity contribution < 1.29 is 8.42 Å². The first kappa shape index (κ1) is 11.9. The SMILES string of the molecule is CNc1ncccc1S(=O)(=O)NC(C)C. The van der Waals surface area contributed by atoms with Crippen molar-refractivity contribution in [2.75, 3.05) is 12.4 Å². The van der Waals surface area contributed by atoms with Gasteiger partial charge in [0.25, 0.3) is 0 Å². The Morgan fingerprint density at radius 3 is 2.60 bits per heavy atom. The molecule has 0 atom stereocenters. The average Bonchev–Trinajstić information content (AvgIpc) is 2.16. The van der Waals surface area contributed by atoms with E-state index in [0.717, 1.165) is 0 Å². The molecule has 6 heteroatoms. The van der Waals surface area contributed by atoms with Crippen molar-refractivity contribution in [1.29, 1.82) is 0 Å². The van der Waals surface area contributed by atoms with E-state index in [-0.39, 0.29) is 10.9 Å². The molecule has 0 aliphatic heterocycles. The fourth-order valence-electron chi connectivity index (χ4n) is 1.17. The van der Waals surface area contributed by atoms with E-state index in [1.54, 1.807) is 33.2 Å². The minimum Gasteiger partial charge on any atom is -0.372 e. The highest BCUT2D eigenvalue weighted by molar-refractivity contribution is 7.89. The summed E-state index contributed by atoms with van der Waals surface area (Å²) in [4.78, 5) is 4.11. The van der Waals surface area contributed by atoms with Crippen LogP contribution in [0.5, 0.6) is 0 Å². The van der Waals surface area contributed by atoms with Crippen molar-refractivity contribution in [2.45, 2.75) is 24.8 Å². The van der Waals surface area contributed by atoms with Crippen LogP contribution < -0.4 is 10.0 Å². The van der Waals surface area contributed by atoms with E-state index in [2.05, 4.69) is 15.0 Å². The van der Waals surface area contributed by atoms with Gasteiger partial charge in [-0.05, 0) is 26.0 Å². The highest BCUT2D eigenvalue weighted by Gasteiger charge is 2.19. The molecule has 1 aromatic heterocycles. The molecule has 0 radical (unpaired) electrons. The molecule has 0 amide bonds. The molecule has 1 heterocycles. The van der Waals surface area contributed by atoms with Crippen molar-refractivity contribution in [1.82, 2.24) is 9.71 Å². The predicted molar refractivity (Wildman–Crippen MR) is 59.2 cm³/mol. The van der Waals surface area contributed by atoms with Gasteiger partial charge in [0.2, 0.25) is 10.0 Å². The molecule has 0 unspecified atom stereocenters. The molecule has 0 aliphatic rings. The van der Waals surface area contributed by atoms with Crippen LogP contribution in [0.1, 0.15) is 13.8 Å². The van der Waals surface area contributed by atoms with Gasteiger partial charge in [0.1, 0.15) is 10.7 Å². The Hall–Kier alpha value is -1.14. The van der Waals surface area contributed by atoms with Crippen molar-refractivity contribution in [3.63, 3.8) is 0 Å². The summed E-state index contributed by atoms with van der Waals surface area (Å²) in [6, 6.07) is 2.97. The van der Waals surface area contributed by atoms with Gasteiger partial charge in [0, 0.05) is 19.3 Å². The van der Waals surface area contributed by atoms with Gasteiger partial charge in [-0.25, -0.2) is 18.1 Å². The van der Waals surface area contributed by atoms with Crippen molar-refractivity contribution in [3.05, 3.63) is 18.3 Å². The topological polar surface area (TPSA) is 71.1 Å². The first-order chi connectivity index (χ1) is 6.97. The number of nitrogens with one attached hydrogen (secondary N) is 2. The lowest BCUT2D eigenvalue weighted by molar-refractivity contribution is 0.570. The largest absolute Gasteiger partial charge is 0.372 e. The third kappa shape index (κ3) is 2.90. The molecular formula is C9H15N3O2S. The predicted octanol–water partition coefficient (Wildman–Crippen LogP) is 0.810. The van der Waals surface area contributed by atoms with E-state index in [1.807, 2.05) is 0 Å². The second-order valence-electron chi connectivity index (χ2n) is 3.38. The van der Waals surface area contributed by atoms with Gasteiger partial charge < -0.3 is 5.32 Å². The summed E-state index contributed by atoms with van der Waals surface area (Å²) in [5.41, 5.74) is 0. The number of nitrogens with zero attached hydrogens (tertiary/aromatic N) is 1. The molecule has 2 N–H and O–H groups in total. The molecule has 0 aliphatic carbocycles. The van der Waals surface area contributed by atoms with Gasteiger partial charge in [-0.2, -0.15) is 0 Å². The quantitative estimate of drug-likeness (QED) is 0.801. The van der Waals surface area contributed by atoms with Crippen LogP contribution in [0.3, 0.4) is 0 Å². The number of sulfonamides is 1. The van der Waals surface area contributed by atoms with Crippen LogP contribution in [0, 0.1) is 0 Å². The fraction of sp³-hybridized carbons (Fsp3) is 0.444. The second kappa shape index (κ2) is 4.59. The van der Waals surface area contributed by atoms with Crippen molar-refractivity contribution >= 4 is 15.8 Å². The van der Waals surface area contributed by atoms with E-state index >= 15 is 0 Å². The lowest BCUT2D eigenvalue weighted by Gasteiger charge is -2.11. The summed E-state index contributed by atoms with van der Waals surface area (Å²) in [5, 5.41) is 2.74. The maximum Gasteiger partial charge on any atom is 0.244 e. The van der Waals surface area contributed by atoms with Crippen LogP contribution in [-0.2, 0) is 10.0 Å². The molecule has 0 saturated heterocycles. The lowest BCUT2D eigenvalue weighted by Crippen LogP contribution is -2.30. The highest BCUT2D eigenvalue weighted by atomic mass is 32.2. The van der Waals surface area contributed by atoms with Crippen LogP contribution in [0.2, 0.25) is 0 Å². The molecule has 15 heavy (non-hydrogen) atoms. The van der Waals surface area contributed by atoms with Crippen LogP contribution >= 0.6 is 0 Å². The number of aromatic nitrogens is 1. The Kier molecular flexibility index (Phi) is 3.65. The van der Waals surface area contributed by atoms with Crippen LogP contribution in [0.15, 0.2) is 23.2 Å². The summed E-state index contributed by atoms with van der Waals surface area (Å²) >= 11 is 0. The molecule has 0 fully saturated rings. The fourth-order valence-corrected chi connectivity index (χ4v) is 2.58. The van der Waals surface area contributed by atoms with E-state index in [0.29, 0.717) is 5.82 Å². The number of hydrogen-bond donors (Lipinski definition) is 2. The van der Waals surface area contributed by atoms with E-state index in [4.69, 9.17) is 0 Å². The van der Waals surface area contributed by atoms with Crippen LogP contribution in [-0.4, -0.2) is 26.5 Å². The summed E-state index contributed by atoms with van der Waals surface area (Å²) < 4.78 is 26.2. The first-order valence-electron chi connectivity index (χ1n) is 4.62. The Bertz CT molecular complexity index is 429. The van der Waals surface area contributed by atoms with Gasteiger partial charge in [0.15, 0.2) is 0 Å². The number of anilines is 1. The monoisotopic (exact) mass is 229 g/mol. The van der Waals surface area contributed by atoms with Crippen LogP contribution in [0.4, 0.5) is 5.82 Å². The highest BCUT2D eigenvalue weighted by Crippen LogP contribution is 2.17. The summed E-state index contributed by atoms with van der Waals surface area (Å²) in [7, 11) is -1.84. The summed E-state index contributed by atoms with van der Waals surface area (Å²) in [6.45, 7) is 3.54. The second-order valence-corrected chi connectivity index (χ2v) is 5.06. The van der Waals surface area contributed by atoms with Crippen LogP contribution in [0.25, 0.3) is 0 Å². The van der Waals surface area contributed by atoms with Crippen molar-refractivity contribution in [3.8, 4) is 0 Å². The minimum atomic E-state index is -3.48. The molecule has 0 spiro atoms. The normalized spacial score (nSPS) is 11.7. The van der Waals surface area contributed by atoms with E-state index in [1.165, 1.54) is 6.07 Å². The molecular weight excluding hydrogens is 214 g/mol. The maximum absolute atomic E-state index is 11.8. The molecule has 1 aromatic rings. The number of pyridine rings is 1. The van der Waals surface area contributed by atoms with Gasteiger partial charge in [-0.1, -0.05) is 0 Å². The molecule has 1 rings (SSSR count). The third-order valence-corrected chi connectivity index (χ3v) is 3.38. The summed E-state index contributed by atoms with van der Waals surface area (Å²) in [6.07, 6.45) is 1.54. The third-order valence-electron chi connectivity index (χ3n) is 1.69. The molecule has 5 nitrogen and oxygen atoms in total. The smallest absolute Gasteiger partial charge is 0.244 e. The van der Waals surface area contributed by atoms with Gasteiger partial charge in [-0.15, -0.1) is 0 Å². The Morgan fingerprint density at radius 2 is 2.07 bits per heavy atom. The maximum atomic E-state index is 11.8. The standard InChI is InChI=1S/C9H15N3O2S/c1-7(2)12-15(13,14)8-5-4-6-11-9(8)10-3/h4-7,12H,1-3H3,(H,10,11). The Morgan fingerprint density at radius 1 is 1.40 bits per heavy atom. The molecule has 0 saturated carbocycles. The Labute approximate surface area is 90.0 Å². The van der Waals surface area contributed by atoms with Gasteiger partial charge >= 0.3 is 0 Å². The first-order valence-corrected chi connectivity index (χ1v) is 6.11. The lowest BCUT2D eigenvalue weighted by atomic mass is 10.4. The zero-order valence-corrected chi connectivity index (χ0v) is 9.80. The number of rotatable bonds is 4. The molecule has 0 aromatic carbocycles. The van der Waals surface area contributed by atoms with Crippen molar-refractivity contribution in [2.24, 2.45) is 0 Å². The van der Waals surface area contributed by atoms with E-state index < -0.39 is 10.0 Å². The minimum absolute atomic E-state index is 0.139. The zero-order valence-electron chi connectivity index (χ0n) is 8.98. The zero-order chi connectivity index (χ0) is 11.5.